The Morgan fingerprint density at radius 3 is 2.19 bits per heavy atom. The van der Waals surface area contributed by atoms with E-state index in [2.05, 4.69) is 10.9 Å². The van der Waals surface area contributed by atoms with Crippen molar-refractivity contribution in [3.05, 3.63) is 35.9 Å². The largest absolute Gasteiger partial charge is 0.497 e. The SMILES string of the molecule is COc1ccc(/C=C/C(=O)NNC(=O)CC23CC4CC(CC(C4)C2)C3)cc1. The van der Waals surface area contributed by atoms with Gasteiger partial charge in [-0.15, -0.1) is 0 Å². The Bertz CT molecular complexity index is 703. The summed E-state index contributed by atoms with van der Waals surface area (Å²) in [5.74, 6) is 2.85. The smallest absolute Gasteiger partial charge is 0.262 e. The summed E-state index contributed by atoms with van der Waals surface area (Å²) in [5.41, 5.74) is 6.19. The fourth-order valence-electron chi connectivity index (χ4n) is 5.95. The maximum atomic E-state index is 12.4. The Morgan fingerprint density at radius 2 is 1.63 bits per heavy atom. The molecule has 1 aromatic carbocycles. The van der Waals surface area contributed by atoms with Crippen LogP contribution in [0.4, 0.5) is 0 Å². The fourth-order valence-corrected chi connectivity index (χ4v) is 5.95. The Kier molecular flexibility index (Phi) is 4.94. The number of carbonyl (C=O) groups is 2. The monoisotopic (exact) mass is 368 g/mol. The van der Waals surface area contributed by atoms with Crippen LogP contribution in [0.2, 0.25) is 0 Å². The first kappa shape index (κ1) is 18.1. The highest BCUT2D eigenvalue weighted by atomic mass is 16.5. The summed E-state index contributed by atoms with van der Waals surface area (Å²) in [7, 11) is 1.62. The zero-order valence-corrected chi connectivity index (χ0v) is 15.9. The van der Waals surface area contributed by atoms with E-state index < -0.39 is 0 Å². The van der Waals surface area contributed by atoms with Crippen LogP contribution in [0.5, 0.6) is 5.75 Å². The number of hydrogen-bond donors (Lipinski definition) is 2. The summed E-state index contributed by atoms with van der Waals surface area (Å²) in [5, 5.41) is 0. The minimum atomic E-state index is -0.329. The van der Waals surface area contributed by atoms with E-state index in [9.17, 15) is 9.59 Å². The molecular formula is C22H28N2O3. The summed E-state index contributed by atoms with van der Waals surface area (Å²) < 4.78 is 5.11. The van der Waals surface area contributed by atoms with Gasteiger partial charge in [-0.1, -0.05) is 12.1 Å². The number of amides is 2. The molecule has 4 aliphatic rings. The van der Waals surface area contributed by atoms with Gasteiger partial charge in [-0.3, -0.25) is 20.4 Å². The summed E-state index contributed by atoms with van der Waals surface area (Å²) in [6.45, 7) is 0. The molecule has 4 aliphatic carbocycles. The third kappa shape index (κ3) is 4.18. The Labute approximate surface area is 160 Å². The number of hydrazine groups is 1. The van der Waals surface area contributed by atoms with Gasteiger partial charge in [0.1, 0.15) is 5.75 Å². The van der Waals surface area contributed by atoms with Gasteiger partial charge in [-0.05, 0) is 85.5 Å². The number of benzene rings is 1. The van der Waals surface area contributed by atoms with Gasteiger partial charge in [-0.25, -0.2) is 0 Å². The summed E-state index contributed by atoms with van der Waals surface area (Å²) in [6.07, 6.45) is 11.4. The van der Waals surface area contributed by atoms with Crippen molar-refractivity contribution in [2.45, 2.75) is 44.9 Å². The van der Waals surface area contributed by atoms with E-state index in [0.29, 0.717) is 6.42 Å². The lowest BCUT2D eigenvalue weighted by Crippen LogP contribution is -2.49. The number of nitrogens with one attached hydrogen (secondary N) is 2. The molecule has 0 radical (unpaired) electrons. The predicted octanol–water partition coefficient (Wildman–Crippen LogP) is 3.46. The van der Waals surface area contributed by atoms with Crippen LogP contribution in [-0.2, 0) is 9.59 Å². The Balaban J connectivity index is 1.25. The van der Waals surface area contributed by atoms with E-state index in [0.717, 1.165) is 29.1 Å². The molecule has 0 unspecified atom stereocenters. The van der Waals surface area contributed by atoms with Crippen molar-refractivity contribution in [2.24, 2.45) is 23.2 Å². The zero-order valence-electron chi connectivity index (χ0n) is 15.9. The van der Waals surface area contributed by atoms with Gasteiger partial charge >= 0.3 is 0 Å². The van der Waals surface area contributed by atoms with Crippen LogP contribution >= 0.6 is 0 Å². The van der Waals surface area contributed by atoms with Crippen LogP contribution < -0.4 is 15.6 Å². The van der Waals surface area contributed by atoms with Gasteiger partial charge < -0.3 is 4.74 Å². The molecule has 27 heavy (non-hydrogen) atoms. The van der Waals surface area contributed by atoms with Gasteiger partial charge in [0, 0.05) is 12.5 Å². The second-order valence-electron chi connectivity index (χ2n) is 8.74. The van der Waals surface area contributed by atoms with E-state index in [-0.39, 0.29) is 17.2 Å². The Morgan fingerprint density at radius 1 is 1.04 bits per heavy atom. The number of ether oxygens (including phenoxy) is 1. The van der Waals surface area contributed by atoms with E-state index in [1.165, 1.54) is 44.6 Å². The molecule has 0 saturated heterocycles. The van der Waals surface area contributed by atoms with Crippen LogP contribution in [0.25, 0.3) is 6.08 Å². The van der Waals surface area contributed by atoms with Gasteiger partial charge in [-0.2, -0.15) is 0 Å². The van der Waals surface area contributed by atoms with Gasteiger partial charge in [0.15, 0.2) is 0 Å². The molecule has 2 N–H and O–H groups in total. The molecule has 5 heteroatoms. The maximum absolute atomic E-state index is 12.4. The van der Waals surface area contributed by atoms with E-state index >= 15 is 0 Å². The molecule has 4 fully saturated rings. The number of methoxy groups -OCH3 is 1. The zero-order chi connectivity index (χ0) is 18.9. The van der Waals surface area contributed by atoms with Crippen molar-refractivity contribution in [1.82, 2.24) is 10.9 Å². The Hall–Kier alpha value is -2.30. The van der Waals surface area contributed by atoms with Gasteiger partial charge in [0.05, 0.1) is 7.11 Å². The summed E-state index contributed by atoms with van der Waals surface area (Å²) >= 11 is 0. The standard InChI is InChI=1S/C22H28N2O3/c1-27-19-5-2-15(3-6-19)4-7-20(25)23-24-21(26)14-22-11-16-8-17(12-22)10-18(9-16)13-22/h2-7,16-18H,8-14H2,1H3,(H,23,25)(H,24,26)/b7-4+. The van der Waals surface area contributed by atoms with Crippen molar-refractivity contribution in [3.63, 3.8) is 0 Å². The average molecular weight is 368 g/mol. The van der Waals surface area contributed by atoms with Gasteiger partial charge in [0.2, 0.25) is 5.91 Å². The molecular weight excluding hydrogens is 340 g/mol. The van der Waals surface area contributed by atoms with Gasteiger partial charge in [0.25, 0.3) is 5.91 Å². The highest BCUT2D eigenvalue weighted by Crippen LogP contribution is 2.61. The highest BCUT2D eigenvalue weighted by molar-refractivity contribution is 5.93. The lowest BCUT2D eigenvalue weighted by molar-refractivity contribution is -0.133. The lowest BCUT2D eigenvalue weighted by atomic mass is 9.49. The molecule has 5 nitrogen and oxygen atoms in total. The maximum Gasteiger partial charge on any atom is 0.262 e. The molecule has 0 atom stereocenters. The number of hydrogen-bond acceptors (Lipinski definition) is 3. The first-order chi connectivity index (χ1) is 13.0. The average Bonchev–Trinajstić information content (AvgIpc) is 2.63. The molecule has 0 spiro atoms. The van der Waals surface area contributed by atoms with Crippen LogP contribution in [0, 0.1) is 23.2 Å². The summed E-state index contributed by atoms with van der Waals surface area (Å²) in [6, 6.07) is 7.41. The van der Waals surface area contributed by atoms with Crippen molar-refractivity contribution in [2.75, 3.05) is 7.11 Å². The fraction of sp³-hybridized carbons (Fsp3) is 0.545. The van der Waals surface area contributed by atoms with Crippen molar-refractivity contribution in [3.8, 4) is 5.75 Å². The van der Waals surface area contributed by atoms with Crippen molar-refractivity contribution < 1.29 is 14.3 Å². The third-order valence-electron chi connectivity index (χ3n) is 6.57. The second kappa shape index (κ2) is 7.37. The van der Waals surface area contributed by atoms with Crippen LogP contribution in [0.1, 0.15) is 50.5 Å². The van der Waals surface area contributed by atoms with Crippen LogP contribution in [-0.4, -0.2) is 18.9 Å². The second-order valence-corrected chi connectivity index (χ2v) is 8.74. The van der Waals surface area contributed by atoms with Crippen LogP contribution in [0.15, 0.2) is 30.3 Å². The van der Waals surface area contributed by atoms with Crippen molar-refractivity contribution in [1.29, 1.82) is 0 Å². The minimum absolute atomic E-state index is 0.0665. The van der Waals surface area contributed by atoms with Crippen LogP contribution in [0.3, 0.4) is 0 Å². The lowest BCUT2D eigenvalue weighted by Gasteiger charge is -2.56. The summed E-state index contributed by atoms with van der Waals surface area (Å²) in [4.78, 5) is 24.4. The number of rotatable bonds is 5. The molecule has 0 aliphatic heterocycles. The quantitative estimate of drug-likeness (QED) is 0.618. The molecule has 0 aromatic heterocycles. The van der Waals surface area contributed by atoms with E-state index in [1.807, 2.05) is 24.3 Å². The topological polar surface area (TPSA) is 67.4 Å². The first-order valence-corrected chi connectivity index (χ1v) is 9.94. The van der Waals surface area contributed by atoms with Crippen molar-refractivity contribution >= 4 is 17.9 Å². The third-order valence-corrected chi connectivity index (χ3v) is 6.57. The van der Waals surface area contributed by atoms with E-state index in [4.69, 9.17) is 4.74 Å². The molecule has 0 heterocycles. The molecule has 4 saturated carbocycles. The molecule has 144 valence electrons. The predicted molar refractivity (Wildman–Crippen MR) is 104 cm³/mol. The molecule has 1 aromatic rings. The molecule has 2 amide bonds. The van der Waals surface area contributed by atoms with E-state index in [1.54, 1.807) is 13.2 Å². The molecule has 4 bridgehead atoms. The minimum Gasteiger partial charge on any atom is -0.497 e. The first-order valence-electron chi connectivity index (χ1n) is 9.94. The number of carbonyl (C=O) groups excluding carboxylic acids is 2. The highest BCUT2D eigenvalue weighted by Gasteiger charge is 2.51. The normalized spacial score (nSPS) is 31.1. The molecule has 5 rings (SSSR count).